The summed E-state index contributed by atoms with van der Waals surface area (Å²) in [6.07, 6.45) is 7.43. The molecule has 0 saturated carbocycles. The van der Waals surface area contributed by atoms with Crippen molar-refractivity contribution in [2.24, 2.45) is 7.05 Å². The molecule has 0 amide bonds. The highest BCUT2D eigenvalue weighted by Gasteiger charge is 2.05. The summed E-state index contributed by atoms with van der Waals surface area (Å²) < 4.78 is 1.72. The van der Waals surface area contributed by atoms with Crippen LogP contribution in [0.4, 0.5) is 11.9 Å². The minimum Gasteiger partial charge on any atom is -0.368 e. The summed E-state index contributed by atoms with van der Waals surface area (Å²) >= 11 is 0. The molecule has 0 aromatic carbocycles. The first kappa shape index (κ1) is 8.80. The third kappa shape index (κ3) is 1.61. The van der Waals surface area contributed by atoms with Crippen molar-refractivity contribution >= 4 is 11.9 Å². The highest BCUT2D eigenvalue weighted by Crippen LogP contribution is 2.11. The van der Waals surface area contributed by atoms with Gasteiger partial charge in [-0.25, -0.2) is 0 Å². The van der Waals surface area contributed by atoms with E-state index in [1.54, 1.807) is 4.57 Å². The summed E-state index contributed by atoms with van der Waals surface area (Å²) in [5, 5.41) is 10.8. The number of hydrogen-bond acceptors (Lipinski definition) is 4. The summed E-state index contributed by atoms with van der Waals surface area (Å²) in [5.41, 5.74) is 6.82. The lowest BCUT2D eigenvalue weighted by molar-refractivity contribution is 0.920. The molecule has 1 heterocycles. The zero-order valence-electron chi connectivity index (χ0n) is 8.07. The minimum absolute atomic E-state index is 0.420. The van der Waals surface area contributed by atoms with E-state index < -0.39 is 0 Å². The highest BCUT2D eigenvalue weighted by molar-refractivity contribution is 5.37. The van der Waals surface area contributed by atoms with Crippen LogP contribution in [0.15, 0.2) is 23.8 Å². The first-order valence-corrected chi connectivity index (χ1v) is 4.51. The van der Waals surface area contributed by atoms with Crippen LogP contribution in [0.3, 0.4) is 0 Å². The molecule has 3 N–H and O–H groups in total. The molecule has 14 heavy (non-hydrogen) atoms. The third-order valence-corrected chi connectivity index (χ3v) is 2.21. The first-order chi connectivity index (χ1) is 6.77. The summed E-state index contributed by atoms with van der Waals surface area (Å²) in [4.78, 5) is 0. The number of nitrogens with one attached hydrogen (secondary N) is 1. The Bertz CT molecular complexity index is 388. The standard InChI is InChI=1S/C9H13N5/c1-14-8(10)12-13-9(14)11-6-7-4-2-3-5-7/h2,4-5H,3,6H2,1H3,(H2,10,12)(H,11,13). The predicted molar refractivity (Wildman–Crippen MR) is 55.7 cm³/mol. The van der Waals surface area contributed by atoms with E-state index in [2.05, 4.69) is 33.7 Å². The van der Waals surface area contributed by atoms with Crippen LogP contribution in [0.5, 0.6) is 0 Å². The monoisotopic (exact) mass is 191 g/mol. The lowest BCUT2D eigenvalue weighted by atomic mass is 10.3. The first-order valence-electron chi connectivity index (χ1n) is 4.51. The lowest BCUT2D eigenvalue weighted by Crippen LogP contribution is -2.08. The van der Waals surface area contributed by atoms with Crippen LogP contribution in [0, 0.1) is 0 Å². The van der Waals surface area contributed by atoms with Crippen molar-refractivity contribution in [2.45, 2.75) is 6.42 Å². The molecule has 1 aromatic rings. The zero-order chi connectivity index (χ0) is 9.97. The predicted octanol–water partition coefficient (Wildman–Crippen LogP) is 0.695. The van der Waals surface area contributed by atoms with Gasteiger partial charge in [0.05, 0.1) is 0 Å². The van der Waals surface area contributed by atoms with Crippen LogP contribution in [0.2, 0.25) is 0 Å². The molecular weight excluding hydrogens is 178 g/mol. The van der Waals surface area contributed by atoms with Gasteiger partial charge in [-0.1, -0.05) is 18.2 Å². The fourth-order valence-corrected chi connectivity index (χ4v) is 1.31. The van der Waals surface area contributed by atoms with Gasteiger partial charge in [0.2, 0.25) is 11.9 Å². The number of nitrogens with two attached hydrogens (primary N) is 1. The smallest absolute Gasteiger partial charge is 0.226 e. The van der Waals surface area contributed by atoms with E-state index in [1.807, 2.05) is 7.05 Å². The maximum Gasteiger partial charge on any atom is 0.226 e. The van der Waals surface area contributed by atoms with E-state index in [0.29, 0.717) is 11.9 Å². The van der Waals surface area contributed by atoms with Crippen molar-refractivity contribution in [1.29, 1.82) is 0 Å². The average molecular weight is 191 g/mol. The topological polar surface area (TPSA) is 68.8 Å². The number of anilines is 2. The molecule has 0 aliphatic heterocycles. The van der Waals surface area contributed by atoms with Crippen LogP contribution >= 0.6 is 0 Å². The fourth-order valence-electron chi connectivity index (χ4n) is 1.31. The second kappa shape index (κ2) is 3.53. The van der Waals surface area contributed by atoms with Gasteiger partial charge >= 0.3 is 0 Å². The summed E-state index contributed by atoms with van der Waals surface area (Å²) in [7, 11) is 1.83. The SMILES string of the molecule is Cn1c(N)nnc1NCC1=CCC=C1. The van der Waals surface area contributed by atoms with Gasteiger partial charge < -0.3 is 11.1 Å². The van der Waals surface area contributed by atoms with Crippen molar-refractivity contribution in [2.75, 3.05) is 17.6 Å². The Morgan fingerprint density at radius 2 is 2.43 bits per heavy atom. The highest BCUT2D eigenvalue weighted by atomic mass is 15.4. The van der Waals surface area contributed by atoms with Gasteiger partial charge in [-0.05, 0) is 12.0 Å². The van der Waals surface area contributed by atoms with E-state index in [9.17, 15) is 0 Å². The largest absolute Gasteiger partial charge is 0.368 e. The Morgan fingerprint density at radius 3 is 3.00 bits per heavy atom. The molecule has 0 spiro atoms. The van der Waals surface area contributed by atoms with E-state index in [1.165, 1.54) is 5.57 Å². The molecule has 5 heteroatoms. The number of rotatable bonds is 3. The van der Waals surface area contributed by atoms with Crippen LogP contribution in [0.1, 0.15) is 6.42 Å². The molecule has 1 aromatic heterocycles. The van der Waals surface area contributed by atoms with Crippen molar-refractivity contribution in [1.82, 2.24) is 14.8 Å². The maximum absolute atomic E-state index is 5.55. The molecule has 0 unspecified atom stereocenters. The van der Waals surface area contributed by atoms with Crippen molar-refractivity contribution in [3.8, 4) is 0 Å². The van der Waals surface area contributed by atoms with Crippen LogP contribution in [-0.2, 0) is 7.05 Å². The van der Waals surface area contributed by atoms with E-state index >= 15 is 0 Å². The number of nitrogen functional groups attached to an aromatic ring is 1. The van der Waals surface area contributed by atoms with Gasteiger partial charge in [0.25, 0.3) is 0 Å². The fraction of sp³-hybridized carbons (Fsp3) is 0.333. The molecule has 0 radical (unpaired) electrons. The van der Waals surface area contributed by atoms with Gasteiger partial charge in [0, 0.05) is 13.6 Å². The zero-order valence-corrected chi connectivity index (χ0v) is 8.07. The van der Waals surface area contributed by atoms with Gasteiger partial charge in [-0.15, -0.1) is 10.2 Å². The maximum atomic E-state index is 5.55. The average Bonchev–Trinajstić information content (AvgIpc) is 2.77. The summed E-state index contributed by atoms with van der Waals surface area (Å²) in [5.74, 6) is 1.12. The molecule has 0 saturated heterocycles. The van der Waals surface area contributed by atoms with E-state index in [-0.39, 0.29) is 0 Å². The number of aromatic nitrogens is 3. The van der Waals surface area contributed by atoms with Crippen molar-refractivity contribution < 1.29 is 0 Å². The summed E-state index contributed by atoms with van der Waals surface area (Å²) in [6, 6.07) is 0. The Labute approximate surface area is 82.3 Å². The molecular formula is C9H13N5. The third-order valence-electron chi connectivity index (χ3n) is 2.21. The lowest BCUT2D eigenvalue weighted by Gasteiger charge is -2.04. The Morgan fingerprint density at radius 1 is 1.57 bits per heavy atom. The molecule has 0 atom stereocenters. The minimum atomic E-state index is 0.420. The van der Waals surface area contributed by atoms with Crippen LogP contribution in [0.25, 0.3) is 0 Å². The van der Waals surface area contributed by atoms with Crippen molar-refractivity contribution in [3.05, 3.63) is 23.8 Å². The second-order valence-corrected chi connectivity index (χ2v) is 3.21. The quantitative estimate of drug-likeness (QED) is 0.737. The number of allylic oxidation sites excluding steroid dienone is 2. The number of hydrogen-bond donors (Lipinski definition) is 2. The molecule has 2 rings (SSSR count). The van der Waals surface area contributed by atoms with E-state index in [0.717, 1.165) is 13.0 Å². The molecule has 0 bridgehead atoms. The Balaban J connectivity index is 1.98. The van der Waals surface area contributed by atoms with E-state index in [4.69, 9.17) is 5.73 Å². The van der Waals surface area contributed by atoms with Gasteiger partial charge in [0.15, 0.2) is 0 Å². The Kier molecular flexibility index (Phi) is 2.22. The molecule has 0 fully saturated rings. The summed E-state index contributed by atoms with van der Waals surface area (Å²) in [6.45, 7) is 0.766. The molecule has 74 valence electrons. The second-order valence-electron chi connectivity index (χ2n) is 3.21. The van der Waals surface area contributed by atoms with Gasteiger partial charge in [-0.3, -0.25) is 4.57 Å². The van der Waals surface area contributed by atoms with Gasteiger partial charge in [0.1, 0.15) is 0 Å². The molecule has 1 aliphatic rings. The molecule has 5 nitrogen and oxygen atoms in total. The van der Waals surface area contributed by atoms with Gasteiger partial charge in [-0.2, -0.15) is 0 Å². The Hall–Kier alpha value is -1.78. The number of nitrogens with zero attached hydrogens (tertiary/aromatic N) is 3. The van der Waals surface area contributed by atoms with Crippen molar-refractivity contribution in [3.63, 3.8) is 0 Å². The molecule has 1 aliphatic carbocycles. The normalized spacial score (nSPS) is 14.5. The van der Waals surface area contributed by atoms with Crippen LogP contribution in [-0.4, -0.2) is 21.3 Å². The van der Waals surface area contributed by atoms with Crippen LogP contribution < -0.4 is 11.1 Å².